The van der Waals surface area contributed by atoms with Crippen LogP contribution in [0.25, 0.3) is 0 Å². The summed E-state index contributed by atoms with van der Waals surface area (Å²) >= 11 is 1.67. The molecule has 2 N–H and O–H groups in total. The van der Waals surface area contributed by atoms with Crippen molar-refractivity contribution in [1.29, 1.82) is 0 Å². The molecule has 0 spiro atoms. The van der Waals surface area contributed by atoms with Crippen molar-refractivity contribution in [3.63, 3.8) is 0 Å². The van der Waals surface area contributed by atoms with Gasteiger partial charge in [-0.25, -0.2) is 4.39 Å². The fourth-order valence-electron chi connectivity index (χ4n) is 1.81. The fraction of sp³-hybridized carbons (Fsp3) is 0.250. The van der Waals surface area contributed by atoms with Crippen LogP contribution in [0.2, 0.25) is 0 Å². The van der Waals surface area contributed by atoms with Crippen LogP contribution in [0.4, 0.5) is 10.1 Å². The molecular formula is C16H18FNS. The van der Waals surface area contributed by atoms with Crippen molar-refractivity contribution in [3.8, 4) is 0 Å². The Labute approximate surface area is 118 Å². The predicted octanol–water partition coefficient (Wildman–Crippen LogP) is 4.82. The maximum absolute atomic E-state index is 13.1. The van der Waals surface area contributed by atoms with E-state index >= 15 is 0 Å². The van der Waals surface area contributed by atoms with E-state index in [-0.39, 0.29) is 5.82 Å². The summed E-state index contributed by atoms with van der Waals surface area (Å²) in [6.07, 6.45) is 0. The van der Waals surface area contributed by atoms with Crippen molar-refractivity contribution in [3.05, 3.63) is 59.4 Å². The maximum atomic E-state index is 13.1. The van der Waals surface area contributed by atoms with Gasteiger partial charge in [-0.3, -0.25) is 0 Å². The second kappa shape index (κ2) is 6.11. The molecule has 0 aliphatic carbocycles. The Kier molecular flexibility index (Phi) is 4.48. The monoisotopic (exact) mass is 275 g/mol. The van der Waals surface area contributed by atoms with Gasteiger partial charge in [-0.05, 0) is 47.4 Å². The van der Waals surface area contributed by atoms with Gasteiger partial charge in [-0.15, -0.1) is 11.8 Å². The maximum Gasteiger partial charge on any atom is 0.123 e. The molecule has 1 nitrogen and oxygen atoms in total. The van der Waals surface area contributed by atoms with Gasteiger partial charge in [0, 0.05) is 16.3 Å². The van der Waals surface area contributed by atoms with Crippen LogP contribution in [0.15, 0.2) is 47.4 Å². The van der Waals surface area contributed by atoms with Crippen LogP contribution >= 0.6 is 11.8 Å². The molecule has 0 heterocycles. The molecule has 0 saturated carbocycles. The van der Waals surface area contributed by atoms with E-state index in [9.17, 15) is 4.39 Å². The van der Waals surface area contributed by atoms with Gasteiger partial charge in [0.1, 0.15) is 5.82 Å². The summed E-state index contributed by atoms with van der Waals surface area (Å²) in [6.45, 7) is 4.35. The summed E-state index contributed by atoms with van der Waals surface area (Å²) in [6, 6.07) is 13.0. The van der Waals surface area contributed by atoms with E-state index in [4.69, 9.17) is 5.73 Å². The average molecular weight is 275 g/mol. The Morgan fingerprint density at radius 1 is 1.11 bits per heavy atom. The highest BCUT2D eigenvalue weighted by Crippen LogP contribution is 2.27. The molecule has 0 bridgehead atoms. The molecule has 0 atom stereocenters. The van der Waals surface area contributed by atoms with E-state index in [1.54, 1.807) is 17.8 Å². The lowest BCUT2D eigenvalue weighted by atomic mass is 10.0. The number of benzene rings is 2. The molecule has 2 rings (SSSR count). The van der Waals surface area contributed by atoms with Crippen LogP contribution < -0.4 is 5.73 Å². The number of anilines is 1. The van der Waals surface area contributed by atoms with Gasteiger partial charge in [0.25, 0.3) is 0 Å². The Hall–Kier alpha value is -1.48. The van der Waals surface area contributed by atoms with Gasteiger partial charge in [-0.2, -0.15) is 0 Å². The van der Waals surface area contributed by atoms with Crippen LogP contribution in [0, 0.1) is 5.82 Å². The molecular weight excluding hydrogens is 257 g/mol. The molecule has 0 aliphatic rings. The first-order valence-corrected chi connectivity index (χ1v) is 7.31. The molecule has 3 heteroatoms. The Morgan fingerprint density at radius 2 is 1.79 bits per heavy atom. The lowest BCUT2D eigenvalue weighted by Gasteiger charge is -2.08. The van der Waals surface area contributed by atoms with Gasteiger partial charge < -0.3 is 5.73 Å². The summed E-state index contributed by atoms with van der Waals surface area (Å²) in [7, 11) is 0. The first-order valence-electron chi connectivity index (χ1n) is 6.33. The minimum Gasteiger partial charge on any atom is -0.398 e. The fourth-order valence-corrected chi connectivity index (χ4v) is 2.71. The predicted molar refractivity (Wildman–Crippen MR) is 80.9 cm³/mol. The quantitative estimate of drug-likeness (QED) is 0.639. The zero-order chi connectivity index (χ0) is 13.8. The largest absolute Gasteiger partial charge is 0.398 e. The Bertz CT molecular complexity index is 549. The van der Waals surface area contributed by atoms with E-state index in [2.05, 4.69) is 38.1 Å². The van der Waals surface area contributed by atoms with E-state index < -0.39 is 0 Å². The number of halogens is 1. The number of nitrogen functional groups attached to an aromatic ring is 1. The van der Waals surface area contributed by atoms with Crippen LogP contribution in [0.5, 0.6) is 0 Å². The van der Waals surface area contributed by atoms with Crippen LogP contribution in [-0.4, -0.2) is 0 Å². The molecule has 19 heavy (non-hydrogen) atoms. The standard InChI is InChI=1S/C16H18FNS/c1-11(2)12-3-6-15(7-4-12)19-10-13-9-14(17)5-8-16(13)18/h3-9,11H,10,18H2,1-2H3. The highest BCUT2D eigenvalue weighted by molar-refractivity contribution is 7.98. The Morgan fingerprint density at radius 3 is 2.42 bits per heavy atom. The van der Waals surface area contributed by atoms with Crippen molar-refractivity contribution in [2.24, 2.45) is 0 Å². The van der Waals surface area contributed by atoms with E-state index in [0.717, 1.165) is 5.56 Å². The topological polar surface area (TPSA) is 26.0 Å². The summed E-state index contributed by atoms with van der Waals surface area (Å²) in [5.74, 6) is 0.989. The van der Waals surface area contributed by atoms with Crippen molar-refractivity contribution in [2.45, 2.75) is 30.4 Å². The van der Waals surface area contributed by atoms with Crippen LogP contribution in [0.1, 0.15) is 30.9 Å². The lowest BCUT2D eigenvalue weighted by molar-refractivity contribution is 0.627. The molecule has 0 amide bonds. The molecule has 2 aromatic rings. The normalized spacial score (nSPS) is 10.9. The smallest absolute Gasteiger partial charge is 0.123 e. The highest BCUT2D eigenvalue weighted by Gasteiger charge is 2.03. The first kappa shape index (κ1) is 13.9. The van der Waals surface area contributed by atoms with Crippen molar-refractivity contribution in [2.75, 3.05) is 5.73 Å². The molecule has 0 radical (unpaired) electrons. The zero-order valence-electron chi connectivity index (χ0n) is 11.2. The number of thioether (sulfide) groups is 1. The van der Waals surface area contributed by atoms with Crippen molar-refractivity contribution < 1.29 is 4.39 Å². The molecule has 0 aromatic heterocycles. The molecule has 2 aromatic carbocycles. The second-order valence-corrected chi connectivity index (χ2v) is 5.90. The summed E-state index contributed by atoms with van der Waals surface area (Å²) in [4.78, 5) is 1.17. The second-order valence-electron chi connectivity index (χ2n) is 4.86. The third-order valence-electron chi connectivity index (χ3n) is 3.05. The number of nitrogens with two attached hydrogens (primary N) is 1. The SMILES string of the molecule is CC(C)c1ccc(SCc2cc(F)ccc2N)cc1. The number of hydrogen-bond donors (Lipinski definition) is 1. The third-order valence-corrected chi connectivity index (χ3v) is 4.11. The third kappa shape index (κ3) is 3.74. The zero-order valence-corrected chi connectivity index (χ0v) is 12.0. The summed E-state index contributed by atoms with van der Waals surface area (Å²) in [5.41, 5.74) is 8.66. The Balaban J connectivity index is 2.04. The van der Waals surface area contributed by atoms with Gasteiger partial charge in [-0.1, -0.05) is 26.0 Å². The number of hydrogen-bond acceptors (Lipinski definition) is 2. The average Bonchev–Trinajstić information content (AvgIpc) is 2.40. The van der Waals surface area contributed by atoms with E-state index in [0.29, 0.717) is 17.4 Å². The highest BCUT2D eigenvalue weighted by atomic mass is 32.2. The van der Waals surface area contributed by atoms with Crippen molar-refractivity contribution >= 4 is 17.4 Å². The van der Waals surface area contributed by atoms with E-state index in [1.807, 2.05) is 0 Å². The summed E-state index contributed by atoms with van der Waals surface area (Å²) < 4.78 is 13.1. The van der Waals surface area contributed by atoms with Gasteiger partial charge in [0.05, 0.1) is 0 Å². The molecule has 0 unspecified atom stereocenters. The van der Waals surface area contributed by atoms with Gasteiger partial charge >= 0.3 is 0 Å². The minimum absolute atomic E-state index is 0.236. The van der Waals surface area contributed by atoms with Gasteiger partial charge in [0.2, 0.25) is 0 Å². The molecule has 0 aliphatic heterocycles. The van der Waals surface area contributed by atoms with Gasteiger partial charge in [0.15, 0.2) is 0 Å². The van der Waals surface area contributed by atoms with E-state index in [1.165, 1.54) is 22.6 Å². The van der Waals surface area contributed by atoms with Crippen molar-refractivity contribution in [1.82, 2.24) is 0 Å². The molecule has 0 saturated heterocycles. The van der Waals surface area contributed by atoms with Crippen LogP contribution in [-0.2, 0) is 5.75 Å². The van der Waals surface area contributed by atoms with Crippen LogP contribution in [0.3, 0.4) is 0 Å². The minimum atomic E-state index is -0.236. The first-order chi connectivity index (χ1) is 9.06. The summed E-state index contributed by atoms with van der Waals surface area (Å²) in [5, 5.41) is 0. The number of rotatable bonds is 4. The lowest BCUT2D eigenvalue weighted by Crippen LogP contribution is -1.93. The molecule has 0 fully saturated rings. The molecule has 100 valence electrons.